The van der Waals surface area contributed by atoms with Gasteiger partial charge in [0.15, 0.2) is 0 Å². The van der Waals surface area contributed by atoms with Gasteiger partial charge in [0.05, 0.1) is 5.02 Å². The molecule has 1 N–H and O–H groups in total. The van der Waals surface area contributed by atoms with Gasteiger partial charge in [-0.3, -0.25) is 0 Å². The maximum atomic E-state index is 6.21. The van der Waals surface area contributed by atoms with E-state index in [0.717, 1.165) is 24.4 Å². The molecule has 0 amide bonds. The topological polar surface area (TPSA) is 21.3 Å². The first-order valence-corrected chi connectivity index (χ1v) is 6.39. The van der Waals surface area contributed by atoms with Crippen LogP contribution >= 0.6 is 11.6 Å². The molecule has 2 nitrogen and oxygen atoms in total. The van der Waals surface area contributed by atoms with Crippen LogP contribution in [0.1, 0.15) is 12.5 Å². The van der Waals surface area contributed by atoms with Gasteiger partial charge in [-0.15, -0.1) is 0 Å². The van der Waals surface area contributed by atoms with Gasteiger partial charge in [-0.25, -0.2) is 0 Å². The molecule has 0 aromatic heterocycles. The van der Waals surface area contributed by atoms with E-state index in [1.807, 2.05) is 48.5 Å². The molecule has 2 rings (SSSR count). The minimum absolute atomic E-state index is 0.634. The maximum absolute atomic E-state index is 6.21. The lowest BCUT2D eigenvalue weighted by Gasteiger charge is -2.09. The minimum Gasteiger partial charge on any atom is -0.456 e. The number of hydrogen-bond donors (Lipinski definition) is 1. The summed E-state index contributed by atoms with van der Waals surface area (Å²) in [6.45, 7) is 3.84. The van der Waals surface area contributed by atoms with Crippen LogP contribution in [0.4, 0.5) is 0 Å². The molecule has 0 aliphatic heterocycles. The van der Waals surface area contributed by atoms with Gasteiger partial charge in [-0.2, -0.15) is 0 Å². The van der Waals surface area contributed by atoms with E-state index in [1.165, 1.54) is 0 Å². The Hall–Kier alpha value is -1.51. The summed E-state index contributed by atoms with van der Waals surface area (Å²) in [6.07, 6.45) is 0. The quantitative estimate of drug-likeness (QED) is 0.869. The Morgan fingerprint density at radius 2 is 1.89 bits per heavy atom. The van der Waals surface area contributed by atoms with Crippen LogP contribution in [0.25, 0.3) is 0 Å². The Kier molecular flexibility index (Phi) is 4.62. The first-order valence-electron chi connectivity index (χ1n) is 6.01. The van der Waals surface area contributed by atoms with Crippen molar-refractivity contribution in [2.75, 3.05) is 6.54 Å². The summed E-state index contributed by atoms with van der Waals surface area (Å²) in [7, 11) is 0. The second-order valence-electron chi connectivity index (χ2n) is 3.96. The van der Waals surface area contributed by atoms with Crippen molar-refractivity contribution in [3.05, 3.63) is 59.1 Å². The number of para-hydroxylation sites is 1. The molecule has 0 fully saturated rings. The summed E-state index contributed by atoms with van der Waals surface area (Å²) in [5.41, 5.74) is 1.15. The van der Waals surface area contributed by atoms with Crippen LogP contribution in [0, 0.1) is 0 Å². The molecule has 18 heavy (non-hydrogen) atoms. The van der Waals surface area contributed by atoms with Crippen molar-refractivity contribution in [2.45, 2.75) is 13.5 Å². The fraction of sp³-hybridized carbons (Fsp3) is 0.200. The van der Waals surface area contributed by atoms with E-state index >= 15 is 0 Å². The normalized spacial score (nSPS) is 10.3. The molecule has 0 atom stereocenters. The number of hydrogen-bond acceptors (Lipinski definition) is 2. The predicted octanol–water partition coefficient (Wildman–Crippen LogP) is 4.24. The van der Waals surface area contributed by atoms with Crippen LogP contribution in [0.15, 0.2) is 48.5 Å². The highest BCUT2D eigenvalue weighted by molar-refractivity contribution is 6.32. The summed E-state index contributed by atoms with van der Waals surface area (Å²) >= 11 is 6.21. The molecular weight excluding hydrogens is 246 g/mol. The average molecular weight is 262 g/mol. The van der Waals surface area contributed by atoms with Crippen LogP contribution in [0.5, 0.6) is 11.5 Å². The lowest BCUT2D eigenvalue weighted by atomic mass is 10.2. The van der Waals surface area contributed by atoms with Gasteiger partial charge < -0.3 is 10.1 Å². The highest BCUT2D eigenvalue weighted by Crippen LogP contribution is 2.29. The average Bonchev–Trinajstić information content (AvgIpc) is 2.40. The fourth-order valence-corrected chi connectivity index (χ4v) is 1.86. The van der Waals surface area contributed by atoms with Crippen LogP contribution in [-0.4, -0.2) is 6.54 Å². The Labute approximate surface area is 113 Å². The molecule has 0 radical (unpaired) electrons. The first kappa shape index (κ1) is 12.9. The van der Waals surface area contributed by atoms with Crippen molar-refractivity contribution in [3.8, 4) is 11.5 Å². The van der Waals surface area contributed by atoms with Crippen LogP contribution in [0.3, 0.4) is 0 Å². The van der Waals surface area contributed by atoms with E-state index < -0.39 is 0 Å². The molecule has 0 aliphatic carbocycles. The molecule has 0 bridgehead atoms. The van der Waals surface area contributed by atoms with Crippen LogP contribution < -0.4 is 10.1 Å². The third-order valence-corrected chi connectivity index (χ3v) is 2.84. The summed E-state index contributed by atoms with van der Waals surface area (Å²) in [5.74, 6) is 1.47. The number of benzene rings is 2. The monoisotopic (exact) mass is 261 g/mol. The van der Waals surface area contributed by atoms with Crippen LogP contribution in [-0.2, 0) is 6.54 Å². The van der Waals surface area contributed by atoms with Crippen molar-refractivity contribution in [2.24, 2.45) is 0 Å². The SMILES string of the molecule is CCNCc1ccc(Oc2ccccc2)c(Cl)c1. The Morgan fingerprint density at radius 1 is 1.11 bits per heavy atom. The summed E-state index contributed by atoms with van der Waals surface area (Å²) in [6, 6.07) is 15.5. The zero-order chi connectivity index (χ0) is 12.8. The third-order valence-electron chi connectivity index (χ3n) is 2.55. The lowest BCUT2D eigenvalue weighted by molar-refractivity contribution is 0.482. The summed E-state index contributed by atoms with van der Waals surface area (Å²) < 4.78 is 5.72. The fourth-order valence-electron chi connectivity index (χ4n) is 1.62. The number of rotatable bonds is 5. The molecule has 94 valence electrons. The summed E-state index contributed by atoms with van der Waals surface area (Å²) in [5, 5.41) is 3.90. The van der Waals surface area contributed by atoms with Gasteiger partial charge in [0.1, 0.15) is 11.5 Å². The highest BCUT2D eigenvalue weighted by Gasteiger charge is 2.04. The van der Waals surface area contributed by atoms with Gasteiger partial charge in [0, 0.05) is 6.54 Å². The van der Waals surface area contributed by atoms with Crippen LogP contribution in [0.2, 0.25) is 5.02 Å². The standard InChI is InChI=1S/C15H16ClNO/c1-2-17-11-12-8-9-15(14(16)10-12)18-13-6-4-3-5-7-13/h3-10,17H,2,11H2,1H3. The van der Waals surface area contributed by atoms with Crippen molar-refractivity contribution >= 4 is 11.6 Å². The Morgan fingerprint density at radius 3 is 2.56 bits per heavy atom. The van der Waals surface area contributed by atoms with Gasteiger partial charge in [-0.1, -0.05) is 42.8 Å². The van der Waals surface area contributed by atoms with E-state index in [2.05, 4.69) is 12.2 Å². The molecule has 3 heteroatoms. The van der Waals surface area contributed by atoms with E-state index in [0.29, 0.717) is 10.8 Å². The number of ether oxygens (including phenoxy) is 1. The van der Waals surface area contributed by atoms with Crippen molar-refractivity contribution < 1.29 is 4.74 Å². The van der Waals surface area contributed by atoms with Gasteiger partial charge in [0.2, 0.25) is 0 Å². The Balaban J connectivity index is 2.10. The Bertz CT molecular complexity index is 499. The molecular formula is C15H16ClNO. The van der Waals surface area contributed by atoms with E-state index in [4.69, 9.17) is 16.3 Å². The van der Waals surface area contributed by atoms with Crippen molar-refractivity contribution in [1.29, 1.82) is 0 Å². The highest BCUT2D eigenvalue weighted by atomic mass is 35.5. The molecule has 2 aromatic rings. The number of nitrogens with one attached hydrogen (secondary N) is 1. The second kappa shape index (κ2) is 6.43. The molecule has 0 unspecified atom stereocenters. The lowest BCUT2D eigenvalue weighted by Crippen LogP contribution is -2.11. The zero-order valence-electron chi connectivity index (χ0n) is 10.3. The van der Waals surface area contributed by atoms with E-state index in [9.17, 15) is 0 Å². The third kappa shape index (κ3) is 3.49. The van der Waals surface area contributed by atoms with Crippen molar-refractivity contribution in [1.82, 2.24) is 5.32 Å². The van der Waals surface area contributed by atoms with Crippen molar-refractivity contribution in [3.63, 3.8) is 0 Å². The molecule has 0 heterocycles. The zero-order valence-corrected chi connectivity index (χ0v) is 11.1. The summed E-state index contributed by atoms with van der Waals surface area (Å²) in [4.78, 5) is 0. The maximum Gasteiger partial charge on any atom is 0.146 e. The van der Waals surface area contributed by atoms with Gasteiger partial charge >= 0.3 is 0 Å². The van der Waals surface area contributed by atoms with Gasteiger partial charge in [0.25, 0.3) is 0 Å². The first-order chi connectivity index (χ1) is 8.79. The van der Waals surface area contributed by atoms with E-state index in [1.54, 1.807) is 0 Å². The molecule has 0 saturated carbocycles. The predicted molar refractivity (Wildman–Crippen MR) is 75.3 cm³/mol. The van der Waals surface area contributed by atoms with E-state index in [-0.39, 0.29) is 0 Å². The molecule has 0 saturated heterocycles. The molecule has 0 spiro atoms. The second-order valence-corrected chi connectivity index (χ2v) is 4.37. The minimum atomic E-state index is 0.634. The molecule has 0 aliphatic rings. The number of halogens is 1. The molecule has 2 aromatic carbocycles. The van der Waals surface area contributed by atoms with Gasteiger partial charge in [-0.05, 0) is 36.4 Å². The largest absolute Gasteiger partial charge is 0.456 e. The smallest absolute Gasteiger partial charge is 0.146 e.